The van der Waals surface area contributed by atoms with Crippen LogP contribution in [0.15, 0.2) is 47.5 Å². The Labute approximate surface area is 173 Å². The van der Waals surface area contributed by atoms with Gasteiger partial charge in [-0.15, -0.1) is 5.10 Å². The van der Waals surface area contributed by atoms with Crippen molar-refractivity contribution >= 4 is 11.8 Å². The second-order valence-electron chi connectivity index (χ2n) is 7.73. The summed E-state index contributed by atoms with van der Waals surface area (Å²) in [6.45, 7) is 2.41. The largest absolute Gasteiger partial charge is 0.438 e. The van der Waals surface area contributed by atoms with Crippen molar-refractivity contribution in [1.82, 2.24) is 29.8 Å². The molecule has 1 saturated heterocycles. The maximum atomic E-state index is 12.9. The third-order valence-electron chi connectivity index (χ3n) is 5.85. The van der Waals surface area contributed by atoms with E-state index in [0.29, 0.717) is 31.9 Å². The van der Waals surface area contributed by atoms with Gasteiger partial charge in [0.15, 0.2) is 12.1 Å². The van der Waals surface area contributed by atoms with E-state index in [2.05, 4.69) is 27.4 Å². The van der Waals surface area contributed by atoms with Gasteiger partial charge in [0.2, 0.25) is 5.76 Å². The second kappa shape index (κ2) is 7.74. The van der Waals surface area contributed by atoms with Crippen LogP contribution in [0.1, 0.15) is 45.0 Å². The van der Waals surface area contributed by atoms with Gasteiger partial charge in [0.25, 0.3) is 11.8 Å². The lowest BCUT2D eigenvalue weighted by molar-refractivity contribution is 0.0687. The van der Waals surface area contributed by atoms with Crippen molar-refractivity contribution in [3.63, 3.8) is 0 Å². The molecule has 5 rings (SSSR count). The molecular weight excluding hydrogens is 384 g/mol. The van der Waals surface area contributed by atoms with E-state index in [-0.39, 0.29) is 23.6 Å². The number of amides is 2. The molecular formula is C21H22N6O3. The molecule has 1 atom stereocenters. The molecule has 4 heterocycles. The van der Waals surface area contributed by atoms with E-state index in [0.717, 1.165) is 19.3 Å². The van der Waals surface area contributed by atoms with Gasteiger partial charge >= 0.3 is 0 Å². The summed E-state index contributed by atoms with van der Waals surface area (Å²) >= 11 is 0. The van der Waals surface area contributed by atoms with Crippen LogP contribution in [-0.2, 0) is 19.5 Å². The predicted molar refractivity (Wildman–Crippen MR) is 105 cm³/mol. The molecule has 3 aromatic rings. The van der Waals surface area contributed by atoms with Crippen molar-refractivity contribution in [3.05, 3.63) is 65.6 Å². The van der Waals surface area contributed by atoms with E-state index >= 15 is 0 Å². The first-order valence-corrected chi connectivity index (χ1v) is 10.1. The Morgan fingerprint density at radius 1 is 1.13 bits per heavy atom. The predicted octanol–water partition coefficient (Wildman–Crippen LogP) is 1.77. The summed E-state index contributed by atoms with van der Waals surface area (Å²) in [6, 6.07) is 8.18. The molecule has 1 unspecified atom stereocenters. The molecule has 2 aliphatic heterocycles. The number of likely N-dealkylation sites (tertiary alicyclic amines) is 1. The van der Waals surface area contributed by atoms with Crippen LogP contribution >= 0.6 is 0 Å². The third kappa shape index (κ3) is 3.47. The third-order valence-corrected chi connectivity index (χ3v) is 5.85. The van der Waals surface area contributed by atoms with E-state index in [4.69, 9.17) is 4.42 Å². The number of hydrogen-bond acceptors (Lipinski definition) is 6. The van der Waals surface area contributed by atoms with Crippen LogP contribution < -0.4 is 0 Å². The maximum Gasteiger partial charge on any atom is 0.291 e. The summed E-state index contributed by atoms with van der Waals surface area (Å²) in [7, 11) is 0. The van der Waals surface area contributed by atoms with Crippen LogP contribution in [0.2, 0.25) is 0 Å². The van der Waals surface area contributed by atoms with E-state index < -0.39 is 0 Å². The van der Waals surface area contributed by atoms with Crippen LogP contribution in [0.3, 0.4) is 0 Å². The Balaban J connectivity index is 1.25. The molecule has 9 nitrogen and oxygen atoms in total. The van der Waals surface area contributed by atoms with Crippen LogP contribution in [0.4, 0.5) is 0 Å². The number of hydrogen-bond donors (Lipinski definition) is 0. The summed E-state index contributed by atoms with van der Waals surface area (Å²) in [5.41, 5.74) is 2.81. The lowest BCUT2D eigenvalue weighted by atomic mass is 10.00. The lowest BCUT2D eigenvalue weighted by Gasteiger charge is -2.28. The van der Waals surface area contributed by atoms with Gasteiger partial charge in [-0.1, -0.05) is 29.5 Å². The van der Waals surface area contributed by atoms with Gasteiger partial charge in [0, 0.05) is 19.6 Å². The molecule has 0 radical (unpaired) electrons. The first-order valence-electron chi connectivity index (χ1n) is 10.1. The van der Waals surface area contributed by atoms with E-state index in [1.54, 1.807) is 15.8 Å². The van der Waals surface area contributed by atoms with Gasteiger partial charge in [0.1, 0.15) is 0 Å². The van der Waals surface area contributed by atoms with E-state index in [1.807, 2.05) is 17.0 Å². The van der Waals surface area contributed by atoms with Crippen molar-refractivity contribution in [1.29, 1.82) is 0 Å². The van der Waals surface area contributed by atoms with E-state index in [1.165, 1.54) is 23.7 Å². The molecule has 0 N–H and O–H groups in total. The highest BCUT2D eigenvalue weighted by Gasteiger charge is 2.32. The van der Waals surface area contributed by atoms with Gasteiger partial charge < -0.3 is 14.2 Å². The minimum absolute atomic E-state index is 0.0193. The number of fused-ring (bicyclic) bond motifs is 1. The van der Waals surface area contributed by atoms with Gasteiger partial charge in [0.05, 0.1) is 25.0 Å². The van der Waals surface area contributed by atoms with Crippen molar-refractivity contribution in [2.45, 2.75) is 38.4 Å². The quantitative estimate of drug-likeness (QED) is 0.655. The Hall–Kier alpha value is -3.49. The topological polar surface area (TPSA) is 97.4 Å². The Morgan fingerprint density at radius 2 is 2.00 bits per heavy atom. The lowest BCUT2D eigenvalue weighted by Crippen LogP contribution is -2.38. The fourth-order valence-corrected chi connectivity index (χ4v) is 4.29. The first-order chi connectivity index (χ1) is 14.7. The molecule has 1 fully saturated rings. The Morgan fingerprint density at radius 3 is 2.83 bits per heavy atom. The van der Waals surface area contributed by atoms with Gasteiger partial charge in [-0.05, 0) is 30.4 Å². The van der Waals surface area contributed by atoms with Crippen molar-refractivity contribution in [3.8, 4) is 0 Å². The Kier molecular flexibility index (Phi) is 4.78. The van der Waals surface area contributed by atoms with Crippen LogP contribution in [0.25, 0.3) is 0 Å². The van der Waals surface area contributed by atoms with Crippen molar-refractivity contribution in [2.75, 3.05) is 13.1 Å². The summed E-state index contributed by atoms with van der Waals surface area (Å²) in [5.74, 6) is -0.0445. The van der Waals surface area contributed by atoms with Crippen LogP contribution in [0.5, 0.6) is 0 Å². The molecule has 0 bridgehead atoms. The zero-order valence-corrected chi connectivity index (χ0v) is 16.5. The minimum Gasteiger partial charge on any atom is -0.438 e. The summed E-state index contributed by atoms with van der Waals surface area (Å²) in [4.78, 5) is 32.9. The van der Waals surface area contributed by atoms with Crippen molar-refractivity contribution in [2.24, 2.45) is 0 Å². The summed E-state index contributed by atoms with van der Waals surface area (Å²) in [6.07, 6.45) is 6.99. The average molecular weight is 406 g/mol. The van der Waals surface area contributed by atoms with Crippen molar-refractivity contribution < 1.29 is 14.0 Å². The zero-order chi connectivity index (χ0) is 20.5. The molecule has 2 aliphatic rings. The SMILES string of the molecule is O=C(c1cn(CC2CCCN2C(=O)c2cnco2)nn1)N1CCc2ccccc2C1. The zero-order valence-electron chi connectivity index (χ0n) is 16.5. The molecule has 0 saturated carbocycles. The van der Waals surface area contributed by atoms with Gasteiger partial charge in [-0.2, -0.15) is 0 Å². The number of rotatable bonds is 4. The fraction of sp³-hybridized carbons (Fsp3) is 0.381. The number of nitrogens with zero attached hydrogens (tertiary/aromatic N) is 6. The molecule has 0 spiro atoms. The molecule has 30 heavy (non-hydrogen) atoms. The maximum absolute atomic E-state index is 12.9. The van der Waals surface area contributed by atoms with E-state index in [9.17, 15) is 9.59 Å². The average Bonchev–Trinajstić information content (AvgIpc) is 3.54. The molecule has 2 aromatic heterocycles. The molecule has 154 valence electrons. The highest BCUT2D eigenvalue weighted by atomic mass is 16.3. The second-order valence-corrected chi connectivity index (χ2v) is 7.73. The number of carbonyl (C=O) groups excluding carboxylic acids is 2. The molecule has 2 amide bonds. The number of benzene rings is 1. The number of aromatic nitrogens is 4. The highest BCUT2D eigenvalue weighted by molar-refractivity contribution is 5.92. The normalized spacial score (nSPS) is 18.5. The summed E-state index contributed by atoms with van der Waals surface area (Å²) < 4.78 is 6.80. The standard InChI is InChI=1S/C21H22N6O3/c28-20(25-9-7-15-4-1-2-5-16(15)11-25)18-13-26(24-23-18)12-17-6-3-8-27(17)21(29)19-10-22-14-30-19/h1-2,4-5,10,13-14,17H,3,6-9,11-12H2. The molecule has 0 aliphatic carbocycles. The van der Waals surface area contributed by atoms with Crippen LogP contribution in [-0.4, -0.2) is 60.7 Å². The molecule has 9 heteroatoms. The summed E-state index contributed by atoms with van der Waals surface area (Å²) in [5, 5.41) is 8.24. The van der Waals surface area contributed by atoms with Gasteiger partial charge in [-0.3, -0.25) is 9.59 Å². The smallest absolute Gasteiger partial charge is 0.291 e. The minimum atomic E-state index is -0.168. The Bertz CT molecular complexity index is 1060. The molecule has 1 aromatic carbocycles. The fourth-order valence-electron chi connectivity index (χ4n) is 4.29. The van der Waals surface area contributed by atoms with Gasteiger partial charge in [-0.25, -0.2) is 9.67 Å². The highest BCUT2D eigenvalue weighted by Crippen LogP contribution is 2.22. The number of carbonyl (C=O) groups is 2. The van der Waals surface area contributed by atoms with Crippen LogP contribution in [0, 0.1) is 0 Å². The monoisotopic (exact) mass is 406 g/mol. The number of oxazole rings is 1. The first kappa shape index (κ1) is 18.5.